The van der Waals surface area contributed by atoms with Crippen molar-refractivity contribution in [3.8, 4) is 0 Å². The monoisotopic (exact) mass is 228 g/mol. The fourth-order valence-corrected chi connectivity index (χ4v) is 2.32. The molecule has 0 unspecified atom stereocenters. The Kier molecular flexibility index (Phi) is 5.99. The van der Waals surface area contributed by atoms with Gasteiger partial charge in [0, 0.05) is 26.2 Å². The molecule has 0 spiro atoms. The molecule has 0 saturated carbocycles. The van der Waals surface area contributed by atoms with E-state index < -0.39 is 0 Å². The van der Waals surface area contributed by atoms with E-state index in [4.69, 9.17) is 12.2 Å². The summed E-state index contributed by atoms with van der Waals surface area (Å²) in [6.45, 7) is 9.11. The van der Waals surface area contributed by atoms with E-state index in [-0.39, 0.29) is 0 Å². The third-order valence-corrected chi connectivity index (χ3v) is 3.48. The van der Waals surface area contributed by atoms with E-state index in [1.54, 1.807) is 0 Å². The van der Waals surface area contributed by atoms with Crippen molar-refractivity contribution in [1.29, 1.82) is 0 Å². The van der Waals surface area contributed by atoms with Crippen molar-refractivity contribution in [3.05, 3.63) is 0 Å². The summed E-state index contributed by atoms with van der Waals surface area (Å²) in [6, 6.07) is 0. The molecule has 88 valence electrons. The van der Waals surface area contributed by atoms with Crippen molar-refractivity contribution in [3.63, 3.8) is 0 Å². The third kappa shape index (κ3) is 3.98. The van der Waals surface area contributed by atoms with Gasteiger partial charge in [-0.1, -0.05) is 26.7 Å². The van der Waals surface area contributed by atoms with E-state index >= 15 is 0 Å². The molecule has 0 radical (unpaired) electrons. The molecular weight excluding hydrogens is 204 g/mol. The Morgan fingerprint density at radius 1 is 1.00 bits per heavy atom. The summed E-state index contributed by atoms with van der Waals surface area (Å²) in [6.07, 6.45) is 6.32. The standard InChI is InChI=1S/C12H24N2S/c1-3-5-8-13-10-7-11-14(12(13)15)9-6-4-2/h3-11H2,1-2H3. The second kappa shape index (κ2) is 7.04. The maximum Gasteiger partial charge on any atom is 0.171 e. The second-order valence-electron chi connectivity index (χ2n) is 4.32. The third-order valence-electron chi connectivity index (χ3n) is 2.96. The Bertz CT molecular complexity index is 176. The first-order valence-electron chi connectivity index (χ1n) is 6.33. The molecular formula is C12H24N2S. The van der Waals surface area contributed by atoms with Crippen molar-refractivity contribution in [1.82, 2.24) is 9.80 Å². The highest BCUT2D eigenvalue weighted by Gasteiger charge is 2.20. The van der Waals surface area contributed by atoms with E-state index in [1.165, 1.54) is 45.2 Å². The number of unbranched alkanes of at least 4 members (excludes halogenated alkanes) is 2. The lowest BCUT2D eigenvalue weighted by molar-refractivity contribution is 0.262. The van der Waals surface area contributed by atoms with Gasteiger partial charge in [0.25, 0.3) is 0 Å². The largest absolute Gasteiger partial charge is 0.349 e. The van der Waals surface area contributed by atoms with Gasteiger partial charge in [0.15, 0.2) is 5.11 Å². The molecule has 1 saturated heterocycles. The summed E-state index contributed by atoms with van der Waals surface area (Å²) < 4.78 is 0. The maximum atomic E-state index is 5.53. The Balaban J connectivity index is 2.36. The van der Waals surface area contributed by atoms with Crippen LogP contribution in [0.4, 0.5) is 0 Å². The van der Waals surface area contributed by atoms with Gasteiger partial charge < -0.3 is 9.80 Å². The normalized spacial score (nSPS) is 17.3. The van der Waals surface area contributed by atoms with Crippen LogP contribution in [0.25, 0.3) is 0 Å². The molecule has 0 aromatic carbocycles. The molecule has 0 N–H and O–H groups in total. The number of hydrogen-bond acceptors (Lipinski definition) is 1. The Morgan fingerprint density at radius 3 is 1.87 bits per heavy atom. The highest BCUT2D eigenvalue weighted by molar-refractivity contribution is 7.80. The van der Waals surface area contributed by atoms with Crippen LogP contribution >= 0.6 is 12.2 Å². The smallest absolute Gasteiger partial charge is 0.171 e. The van der Waals surface area contributed by atoms with Crippen LogP contribution in [0.2, 0.25) is 0 Å². The van der Waals surface area contributed by atoms with E-state index in [0.29, 0.717) is 0 Å². The molecule has 0 aromatic heterocycles. The van der Waals surface area contributed by atoms with Gasteiger partial charge in [0.1, 0.15) is 0 Å². The van der Waals surface area contributed by atoms with Gasteiger partial charge in [-0.2, -0.15) is 0 Å². The van der Waals surface area contributed by atoms with E-state index in [9.17, 15) is 0 Å². The van der Waals surface area contributed by atoms with Gasteiger partial charge in [-0.25, -0.2) is 0 Å². The van der Waals surface area contributed by atoms with Crippen LogP contribution in [0, 0.1) is 0 Å². The summed E-state index contributed by atoms with van der Waals surface area (Å²) in [5.74, 6) is 0. The average molecular weight is 228 g/mol. The minimum Gasteiger partial charge on any atom is -0.349 e. The van der Waals surface area contributed by atoms with Gasteiger partial charge in [-0.3, -0.25) is 0 Å². The second-order valence-corrected chi connectivity index (χ2v) is 4.68. The molecule has 0 atom stereocenters. The van der Waals surface area contributed by atoms with Gasteiger partial charge in [-0.05, 0) is 31.5 Å². The van der Waals surface area contributed by atoms with Gasteiger partial charge >= 0.3 is 0 Å². The van der Waals surface area contributed by atoms with Gasteiger partial charge in [-0.15, -0.1) is 0 Å². The van der Waals surface area contributed by atoms with Crippen molar-refractivity contribution in [2.75, 3.05) is 26.2 Å². The number of hydrogen-bond donors (Lipinski definition) is 0. The Hall–Kier alpha value is -0.310. The summed E-state index contributed by atoms with van der Waals surface area (Å²) in [7, 11) is 0. The zero-order valence-corrected chi connectivity index (χ0v) is 11.0. The summed E-state index contributed by atoms with van der Waals surface area (Å²) in [4.78, 5) is 4.77. The fourth-order valence-electron chi connectivity index (χ4n) is 1.96. The van der Waals surface area contributed by atoms with Crippen LogP contribution < -0.4 is 0 Å². The van der Waals surface area contributed by atoms with Crippen LogP contribution in [0.3, 0.4) is 0 Å². The number of nitrogens with zero attached hydrogens (tertiary/aromatic N) is 2. The molecule has 2 nitrogen and oxygen atoms in total. The molecule has 0 bridgehead atoms. The van der Waals surface area contributed by atoms with Crippen LogP contribution in [0.15, 0.2) is 0 Å². The van der Waals surface area contributed by atoms with Gasteiger partial charge in [0.05, 0.1) is 0 Å². The first-order valence-corrected chi connectivity index (χ1v) is 6.74. The number of rotatable bonds is 6. The van der Waals surface area contributed by atoms with Crippen LogP contribution in [0.5, 0.6) is 0 Å². The quantitative estimate of drug-likeness (QED) is 0.646. The van der Waals surface area contributed by atoms with E-state index in [0.717, 1.165) is 18.2 Å². The molecule has 3 heteroatoms. The lowest BCUT2D eigenvalue weighted by atomic mass is 10.2. The lowest BCUT2D eigenvalue weighted by Crippen LogP contribution is -2.49. The molecule has 15 heavy (non-hydrogen) atoms. The van der Waals surface area contributed by atoms with E-state index in [1.807, 2.05) is 0 Å². The molecule has 1 aliphatic rings. The van der Waals surface area contributed by atoms with Crippen LogP contribution in [-0.4, -0.2) is 41.1 Å². The zero-order chi connectivity index (χ0) is 11.1. The molecule has 1 rings (SSSR count). The van der Waals surface area contributed by atoms with Crippen LogP contribution in [-0.2, 0) is 0 Å². The molecule has 1 aliphatic heterocycles. The minimum atomic E-state index is 1.10. The number of thiocarbonyl (C=S) groups is 1. The first kappa shape index (κ1) is 12.8. The van der Waals surface area contributed by atoms with Crippen molar-refractivity contribution >= 4 is 17.3 Å². The lowest BCUT2D eigenvalue weighted by Gasteiger charge is -2.38. The fraction of sp³-hybridized carbons (Fsp3) is 0.917. The highest BCUT2D eigenvalue weighted by atomic mass is 32.1. The topological polar surface area (TPSA) is 6.48 Å². The summed E-state index contributed by atoms with van der Waals surface area (Å²) in [5.41, 5.74) is 0. The van der Waals surface area contributed by atoms with Crippen LogP contribution in [0.1, 0.15) is 46.0 Å². The highest BCUT2D eigenvalue weighted by Crippen LogP contribution is 2.11. The molecule has 0 amide bonds. The van der Waals surface area contributed by atoms with Gasteiger partial charge in [0.2, 0.25) is 0 Å². The van der Waals surface area contributed by atoms with Crippen molar-refractivity contribution < 1.29 is 0 Å². The minimum absolute atomic E-state index is 1.10. The van der Waals surface area contributed by atoms with Crippen molar-refractivity contribution in [2.45, 2.75) is 46.0 Å². The predicted octanol–water partition coefficient (Wildman–Crippen LogP) is 2.88. The summed E-state index contributed by atoms with van der Waals surface area (Å²) in [5, 5.41) is 1.10. The molecule has 0 aliphatic carbocycles. The zero-order valence-electron chi connectivity index (χ0n) is 10.2. The first-order chi connectivity index (χ1) is 7.29. The SMILES string of the molecule is CCCCN1CCCN(CCCC)C1=S. The predicted molar refractivity (Wildman–Crippen MR) is 70.2 cm³/mol. The van der Waals surface area contributed by atoms with Crippen molar-refractivity contribution in [2.24, 2.45) is 0 Å². The maximum absolute atomic E-state index is 5.53. The summed E-state index contributed by atoms with van der Waals surface area (Å²) >= 11 is 5.53. The Morgan fingerprint density at radius 2 is 1.47 bits per heavy atom. The molecule has 0 aromatic rings. The molecule has 1 heterocycles. The Labute approximate surface area is 99.6 Å². The van der Waals surface area contributed by atoms with E-state index in [2.05, 4.69) is 23.6 Å². The molecule has 1 fully saturated rings. The average Bonchev–Trinajstić information content (AvgIpc) is 2.26.